The average molecular weight is 187 g/mol. The average Bonchev–Trinajstić information content (AvgIpc) is 2.69. The van der Waals surface area contributed by atoms with Crippen molar-refractivity contribution in [2.24, 2.45) is 0 Å². The van der Waals surface area contributed by atoms with E-state index in [9.17, 15) is 0 Å². The highest BCUT2D eigenvalue weighted by molar-refractivity contribution is 5.19. The fourth-order valence-electron chi connectivity index (χ4n) is 1.47. The molecule has 2 aromatic rings. The first-order valence-corrected chi connectivity index (χ1v) is 4.74. The first kappa shape index (κ1) is 8.94. The Morgan fingerprint density at radius 1 is 1.36 bits per heavy atom. The van der Waals surface area contributed by atoms with Crippen molar-refractivity contribution in [2.75, 3.05) is 0 Å². The molecule has 0 aromatic carbocycles. The fraction of sp³-hybridized carbons (Fsp3) is 0.273. The van der Waals surface area contributed by atoms with E-state index in [1.54, 1.807) is 6.33 Å². The number of hydrogen-bond donors (Lipinski definition) is 1. The van der Waals surface area contributed by atoms with Crippen LogP contribution in [0.15, 0.2) is 30.9 Å². The summed E-state index contributed by atoms with van der Waals surface area (Å²) >= 11 is 0. The second-order valence-electron chi connectivity index (χ2n) is 3.32. The number of aryl methyl sites for hydroxylation is 3. The molecule has 0 aliphatic rings. The van der Waals surface area contributed by atoms with Crippen molar-refractivity contribution in [3.05, 3.63) is 47.8 Å². The number of imidazole rings is 1. The number of aromatic amines is 1. The molecule has 0 spiro atoms. The van der Waals surface area contributed by atoms with E-state index in [2.05, 4.69) is 21.0 Å². The van der Waals surface area contributed by atoms with E-state index >= 15 is 0 Å². The summed E-state index contributed by atoms with van der Waals surface area (Å²) in [4.78, 5) is 11.3. The quantitative estimate of drug-likeness (QED) is 0.797. The van der Waals surface area contributed by atoms with Crippen molar-refractivity contribution < 1.29 is 0 Å². The number of nitrogens with one attached hydrogen (secondary N) is 1. The highest BCUT2D eigenvalue weighted by Crippen LogP contribution is 2.07. The molecule has 2 heterocycles. The van der Waals surface area contributed by atoms with Gasteiger partial charge in [0.2, 0.25) is 0 Å². The Balaban J connectivity index is 2.02. The van der Waals surface area contributed by atoms with E-state index in [1.165, 1.54) is 11.3 Å². The summed E-state index contributed by atoms with van der Waals surface area (Å²) in [5, 5.41) is 0. The monoisotopic (exact) mass is 187 g/mol. The van der Waals surface area contributed by atoms with Crippen LogP contribution in [0.1, 0.15) is 17.0 Å². The first-order chi connectivity index (χ1) is 6.86. The van der Waals surface area contributed by atoms with Crippen molar-refractivity contribution in [3.63, 3.8) is 0 Å². The van der Waals surface area contributed by atoms with Crippen LogP contribution in [-0.2, 0) is 12.8 Å². The van der Waals surface area contributed by atoms with Crippen LogP contribution >= 0.6 is 0 Å². The maximum absolute atomic E-state index is 4.25. The Labute approximate surface area is 83.2 Å². The van der Waals surface area contributed by atoms with Crippen LogP contribution in [0.5, 0.6) is 0 Å². The standard InChI is InChI=1S/C11H13N3/c1-9-10(3-2-6-13-9)4-5-11-7-12-8-14-11/h2-3,6-8H,4-5H2,1H3,(H,12,14). The summed E-state index contributed by atoms with van der Waals surface area (Å²) in [7, 11) is 0. The van der Waals surface area contributed by atoms with Gasteiger partial charge in [-0.15, -0.1) is 0 Å². The summed E-state index contributed by atoms with van der Waals surface area (Å²) in [5.74, 6) is 0. The number of nitrogens with zero attached hydrogens (tertiary/aromatic N) is 2. The van der Waals surface area contributed by atoms with Gasteiger partial charge in [0.05, 0.1) is 6.33 Å². The first-order valence-electron chi connectivity index (χ1n) is 4.74. The van der Waals surface area contributed by atoms with Gasteiger partial charge in [0.15, 0.2) is 0 Å². The number of hydrogen-bond acceptors (Lipinski definition) is 2. The van der Waals surface area contributed by atoms with Crippen LogP contribution in [0.25, 0.3) is 0 Å². The van der Waals surface area contributed by atoms with Crippen molar-refractivity contribution in [1.29, 1.82) is 0 Å². The second kappa shape index (κ2) is 4.05. The highest BCUT2D eigenvalue weighted by atomic mass is 14.9. The molecular formula is C11H13N3. The molecule has 72 valence electrons. The van der Waals surface area contributed by atoms with Crippen molar-refractivity contribution in [1.82, 2.24) is 15.0 Å². The Morgan fingerprint density at radius 2 is 2.29 bits per heavy atom. The van der Waals surface area contributed by atoms with Crippen LogP contribution in [0.2, 0.25) is 0 Å². The smallest absolute Gasteiger partial charge is 0.0921 e. The summed E-state index contributed by atoms with van der Waals surface area (Å²) < 4.78 is 0. The minimum absolute atomic E-state index is 0.993. The van der Waals surface area contributed by atoms with Gasteiger partial charge in [0.25, 0.3) is 0 Å². The van der Waals surface area contributed by atoms with Gasteiger partial charge in [-0.05, 0) is 31.4 Å². The van der Waals surface area contributed by atoms with E-state index in [0.717, 1.165) is 18.5 Å². The molecule has 0 unspecified atom stereocenters. The van der Waals surface area contributed by atoms with Crippen molar-refractivity contribution in [3.8, 4) is 0 Å². The van der Waals surface area contributed by atoms with Crippen molar-refractivity contribution in [2.45, 2.75) is 19.8 Å². The van der Waals surface area contributed by atoms with Gasteiger partial charge in [0, 0.05) is 23.8 Å². The van der Waals surface area contributed by atoms with E-state index in [0.29, 0.717) is 0 Å². The zero-order valence-corrected chi connectivity index (χ0v) is 8.20. The summed E-state index contributed by atoms with van der Waals surface area (Å²) in [6, 6.07) is 4.11. The minimum atomic E-state index is 0.993. The molecular weight excluding hydrogens is 174 g/mol. The normalized spacial score (nSPS) is 10.4. The predicted molar refractivity (Wildman–Crippen MR) is 55.0 cm³/mol. The molecule has 1 N–H and O–H groups in total. The van der Waals surface area contributed by atoms with E-state index in [1.807, 2.05) is 25.4 Å². The molecule has 0 saturated carbocycles. The van der Waals surface area contributed by atoms with Crippen LogP contribution in [0.3, 0.4) is 0 Å². The molecule has 3 heteroatoms. The molecule has 0 aliphatic heterocycles. The summed E-state index contributed by atoms with van der Waals surface area (Å²) in [6.07, 6.45) is 7.42. The van der Waals surface area contributed by atoms with Gasteiger partial charge in [-0.3, -0.25) is 4.98 Å². The molecule has 0 radical (unpaired) electrons. The number of aromatic nitrogens is 3. The molecule has 0 atom stereocenters. The zero-order valence-electron chi connectivity index (χ0n) is 8.20. The van der Waals surface area contributed by atoms with E-state index < -0.39 is 0 Å². The number of rotatable bonds is 3. The third-order valence-electron chi connectivity index (χ3n) is 2.33. The second-order valence-corrected chi connectivity index (χ2v) is 3.32. The largest absolute Gasteiger partial charge is 0.348 e. The van der Waals surface area contributed by atoms with Crippen molar-refractivity contribution >= 4 is 0 Å². The van der Waals surface area contributed by atoms with Crippen LogP contribution < -0.4 is 0 Å². The van der Waals surface area contributed by atoms with E-state index in [4.69, 9.17) is 0 Å². The molecule has 2 aromatic heterocycles. The highest BCUT2D eigenvalue weighted by Gasteiger charge is 1.99. The van der Waals surface area contributed by atoms with Gasteiger partial charge in [0.1, 0.15) is 0 Å². The third kappa shape index (κ3) is 1.99. The Hall–Kier alpha value is -1.64. The lowest BCUT2D eigenvalue weighted by atomic mass is 10.1. The lowest BCUT2D eigenvalue weighted by Crippen LogP contribution is -1.95. The molecule has 0 bridgehead atoms. The lowest BCUT2D eigenvalue weighted by molar-refractivity contribution is 0.903. The number of pyridine rings is 1. The van der Waals surface area contributed by atoms with Gasteiger partial charge in [-0.25, -0.2) is 4.98 Å². The molecule has 0 fully saturated rings. The molecule has 0 amide bonds. The van der Waals surface area contributed by atoms with E-state index in [-0.39, 0.29) is 0 Å². The molecule has 0 saturated heterocycles. The Kier molecular flexibility index (Phi) is 2.58. The maximum Gasteiger partial charge on any atom is 0.0921 e. The lowest BCUT2D eigenvalue weighted by Gasteiger charge is -2.02. The summed E-state index contributed by atoms with van der Waals surface area (Å²) in [6.45, 7) is 2.04. The molecule has 3 nitrogen and oxygen atoms in total. The van der Waals surface area contributed by atoms with Gasteiger partial charge >= 0.3 is 0 Å². The summed E-state index contributed by atoms with van der Waals surface area (Å²) in [5.41, 5.74) is 3.60. The third-order valence-corrected chi connectivity index (χ3v) is 2.33. The van der Waals surface area contributed by atoms with Gasteiger partial charge < -0.3 is 4.98 Å². The predicted octanol–water partition coefficient (Wildman–Crippen LogP) is 1.90. The number of H-pyrrole nitrogens is 1. The maximum atomic E-state index is 4.25. The Morgan fingerprint density at radius 3 is 3.00 bits per heavy atom. The van der Waals surface area contributed by atoms with Gasteiger partial charge in [-0.1, -0.05) is 6.07 Å². The molecule has 0 aliphatic carbocycles. The van der Waals surface area contributed by atoms with Crippen LogP contribution in [0, 0.1) is 6.92 Å². The minimum Gasteiger partial charge on any atom is -0.348 e. The Bertz CT molecular complexity index is 393. The zero-order chi connectivity index (χ0) is 9.80. The van der Waals surface area contributed by atoms with Crippen LogP contribution in [-0.4, -0.2) is 15.0 Å². The fourth-order valence-corrected chi connectivity index (χ4v) is 1.47. The molecule has 2 rings (SSSR count). The SMILES string of the molecule is Cc1ncccc1CCc1cnc[nH]1. The topological polar surface area (TPSA) is 41.6 Å². The van der Waals surface area contributed by atoms with Crippen LogP contribution in [0.4, 0.5) is 0 Å². The van der Waals surface area contributed by atoms with Gasteiger partial charge in [-0.2, -0.15) is 0 Å². The molecule has 14 heavy (non-hydrogen) atoms.